The predicted molar refractivity (Wildman–Crippen MR) is 132 cm³/mol. The smallest absolute Gasteiger partial charge is 0.354 e. The zero-order valence-corrected chi connectivity index (χ0v) is 19.2. The number of nitrogens with one attached hydrogen (secondary N) is 3. The number of rotatable bonds is 6. The Morgan fingerprint density at radius 2 is 2.09 bits per heavy atom. The van der Waals surface area contributed by atoms with Crippen molar-refractivity contribution in [3.63, 3.8) is 0 Å². The van der Waals surface area contributed by atoms with Crippen LogP contribution in [0.2, 0.25) is 0 Å². The molecule has 0 aliphatic carbocycles. The highest BCUT2D eigenvalue weighted by Gasteiger charge is 2.22. The zero-order chi connectivity index (χ0) is 22.8. The van der Waals surface area contributed by atoms with E-state index in [-0.39, 0.29) is 5.69 Å². The number of aromatic nitrogens is 3. The highest BCUT2D eigenvalue weighted by atomic mass is 16.1. The summed E-state index contributed by atoms with van der Waals surface area (Å²) in [7, 11) is 0. The Kier molecular flexibility index (Phi) is 6.28. The Balaban J connectivity index is 1.32. The number of nitrogens with two attached hydrogens (primary N) is 1. The summed E-state index contributed by atoms with van der Waals surface area (Å²) in [5.74, 6) is 1.10. The zero-order valence-electron chi connectivity index (χ0n) is 19.2. The standard InChI is InChI=1S/C25H33N7O/c1-16(26)28-12-10-20-3-2-4-22(29-20)17-5-7-21(8-6-17)32-15-19-13-23(18-9-11-27-14-18)30-24(19)31-25(32)33/h5-8,13,15,18,20,22,27,29H,2-4,9-12,14H2,1H3,(H2,26,28)(H,30,31,33)/t18-,20+,22+/m1/s1. The van der Waals surface area contributed by atoms with E-state index >= 15 is 0 Å². The molecule has 0 bridgehead atoms. The molecule has 1 aromatic carbocycles. The van der Waals surface area contributed by atoms with Gasteiger partial charge in [-0.15, -0.1) is 0 Å². The van der Waals surface area contributed by atoms with Crippen molar-refractivity contribution in [1.82, 2.24) is 25.2 Å². The summed E-state index contributed by atoms with van der Waals surface area (Å²) in [6.45, 7) is 4.60. The molecule has 4 heterocycles. The van der Waals surface area contributed by atoms with Crippen molar-refractivity contribution in [3.8, 4) is 5.69 Å². The summed E-state index contributed by atoms with van der Waals surface area (Å²) in [6.07, 6.45) is 7.49. The van der Waals surface area contributed by atoms with Gasteiger partial charge in [-0.1, -0.05) is 18.6 Å². The van der Waals surface area contributed by atoms with E-state index in [9.17, 15) is 4.79 Å². The molecule has 0 amide bonds. The van der Waals surface area contributed by atoms with Crippen LogP contribution < -0.4 is 22.1 Å². The Morgan fingerprint density at radius 3 is 2.85 bits per heavy atom. The molecule has 0 radical (unpaired) electrons. The predicted octanol–water partition coefficient (Wildman–Crippen LogP) is 2.74. The molecule has 8 nitrogen and oxygen atoms in total. The van der Waals surface area contributed by atoms with Gasteiger partial charge in [-0.25, -0.2) is 4.79 Å². The lowest BCUT2D eigenvalue weighted by atomic mass is 9.92. The van der Waals surface area contributed by atoms with Crippen molar-refractivity contribution >= 4 is 16.9 Å². The highest BCUT2D eigenvalue weighted by molar-refractivity contribution is 5.77. The third kappa shape index (κ3) is 4.86. The second-order valence-electron chi connectivity index (χ2n) is 9.36. The molecule has 0 saturated carbocycles. The Labute approximate surface area is 193 Å². The minimum Gasteiger partial charge on any atom is -0.388 e. The summed E-state index contributed by atoms with van der Waals surface area (Å²) in [5.41, 5.74) is 9.30. The summed E-state index contributed by atoms with van der Waals surface area (Å²) >= 11 is 0. The van der Waals surface area contributed by atoms with Crippen LogP contribution in [0.3, 0.4) is 0 Å². The second-order valence-corrected chi connectivity index (χ2v) is 9.36. The van der Waals surface area contributed by atoms with Gasteiger partial charge in [0.1, 0.15) is 5.65 Å². The number of H-pyrrole nitrogens is 1. The van der Waals surface area contributed by atoms with Gasteiger partial charge in [0.15, 0.2) is 0 Å². The van der Waals surface area contributed by atoms with Crippen LogP contribution >= 0.6 is 0 Å². The fourth-order valence-electron chi connectivity index (χ4n) is 5.11. The van der Waals surface area contributed by atoms with E-state index in [0.717, 1.165) is 55.7 Å². The van der Waals surface area contributed by atoms with E-state index < -0.39 is 0 Å². The van der Waals surface area contributed by atoms with E-state index in [2.05, 4.69) is 43.8 Å². The molecule has 8 heteroatoms. The molecule has 0 spiro atoms. The van der Waals surface area contributed by atoms with Gasteiger partial charge in [0.05, 0.1) is 11.5 Å². The van der Waals surface area contributed by atoms with Gasteiger partial charge in [0.25, 0.3) is 0 Å². The van der Waals surface area contributed by atoms with E-state index in [1.807, 2.05) is 25.3 Å². The van der Waals surface area contributed by atoms with Crippen molar-refractivity contribution < 1.29 is 0 Å². The second kappa shape index (κ2) is 9.49. The number of hydrogen-bond acceptors (Lipinski definition) is 5. The van der Waals surface area contributed by atoms with Crippen LogP contribution in [0.15, 0.2) is 46.3 Å². The number of aliphatic imine (C=N–C) groups is 1. The first-order valence-electron chi connectivity index (χ1n) is 12.0. The van der Waals surface area contributed by atoms with Crippen molar-refractivity contribution in [3.05, 3.63) is 58.3 Å². The quantitative estimate of drug-likeness (QED) is 0.343. The molecule has 3 atom stereocenters. The van der Waals surface area contributed by atoms with Gasteiger partial charge < -0.3 is 21.4 Å². The topological polar surface area (TPSA) is 113 Å². The summed E-state index contributed by atoms with van der Waals surface area (Å²) in [6, 6.07) is 11.2. The van der Waals surface area contributed by atoms with E-state index in [1.165, 1.54) is 18.4 Å². The molecule has 174 valence electrons. The summed E-state index contributed by atoms with van der Waals surface area (Å²) in [5, 5.41) is 8.12. The van der Waals surface area contributed by atoms with Crippen molar-refractivity contribution in [2.45, 2.75) is 57.0 Å². The number of fused-ring (bicyclic) bond motifs is 1. The fourth-order valence-corrected chi connectivity index (χ4v) is 5.11. The molecular formula is C25H33N7O. The highest BCUT2D eigenvalue weighted by Crippen LogP contribution is 2.28. The number of hydrogen-bond donors (Lipinski definition) is 4. The first kappa shape index (κ1) is 21.9. The molecule has 2 aliphatic heterocycles. The van der Waals surface area contributed by atoms with E-state index in [0.29, 0.717) is 29.5 Å². The maximum Gasteiger partial charge on any atom is 0.354 e. The molecule has 3 aromatic rings. The van der Waals surface area contributed by atoms with Gasteiger partial charge in [0.2, 0.25) is 0 Å². The van der Waals surface area contributed by atoms with Crippen LogP contribution in [0.5, 0.6) is 0 Å². The Morgan fingerprint density at radius 1 is 1.24 bits per heavy atom. The first-order chi connectivity index (χ1) is 16.1. The Bertz CT molecular complexity index is 1180. The molecule has 2 saturated heterocycles. The molecule has 33 heavy (non-hydrogen) atoms. The maximum absolute atomic E-state index is 12.7. The van der Waals surface area contributed by atoms with E-state index in [4.69, 9.17) is 5.73 Å². The van der Waals surface area contributed by atoms with Crippen LogP contribution in [-0.2, 0) is 0 Å². The molecule has 5 N–H and O–H groups in total. The number of aromatic amines is 1. The summed E-state index contributed by atoms with van der Waals surface area (Å²) in [4.78, 5) is 24.7. The number of nitrogens with zero attached hydrogens (tertiary/aromatic N) is 3. The third-order valence-electron chi connectivity index (χ3n) is 6.92. The lowest BCUT2D eigenvalue weighted by molar-refractivity contribution is 0.315. The van der Waals surface area contributed by atoms with Crippen LogP contribution in [0.1, 0.15) is 62.2 Å². The monoisotopic (exact) mass is 447 g/mol. The lowest BCUT2D eigenvalue weighted by Gasteiger charge is -2.31. The van der Waals surface area contributed by atoms with Gasteiger partial charge in [-0.2, -0.15) is 4.98 Å². The van der Waals surface area contributed by atoms with Gasteiger partial charge in [0, 0.05) is 48.4 Å². The fraction of sp³-hybridized carbons (Fsp3) is 0.480. The first-order valence-corrected chi connectivity index (χ1v) is 12.0. The van der Waals surface area contributed by atoms with Crippen LogP contribution in [-0.4, -0.2) is 46.0 Å². The van der Waals surface area contributed by atoms with Crippen molar-refractivity contribution in [2.75, 3.05) is 19.6 Å². The van der Waals surface area contributed by atoms with Crippen molar-refractivity contribution in [2.24, 2.45) is 10.7 Å². The van der Waals surface area contributed by atoms with Gasteiger partial charge >= 0.3 is 5.69 Å². The van der Waals surface area contributed by atoms with Crippen LogP contribution in [0, 0.1) is 0 Å². The average Bonchev–Trinajstić information content (AvgIpc) is 3.48. The normalized spacial score (nSPS) is 23.9. The molecule has 2 aromatic heterocycles. The number of benzene rings is 1. The number of amidine groups is 1. The maximum atomic E-state index is 12.7. The minimum atomic E-state index is -0.264. The molecular weight excluding hydrogens is 414 g/mol. The van der Waals surface area contributed by atoms with E-state index in [1.54, 1.807) is 4.57 Å². The van der Waals surface area contributed by atoms with Crippen LogP contribution in [0.25, 0.3) is 16.7 Å². The van der Waals surface area contributed by atoms with Crippen molar-refractivity contribution in [1.29, 1.82) is 0 Å². The molecule has 2 aliphatic rings. The largest absolute Gasteiger partial charge is 0.388 e. The SMILES string of the molecule is CC(N)=NCC[C@@H]1CCC[C@@H](c2ccc(-n3cc4cc([C@@H]5CCNC5)[nH]c4nc3=O)cc2)N1. The summed E-state index contributed by atoms with van der Waals surface area (Å²) < 4.78 is 1.64. The third-order valence-corrected chi connectivity index (χ3v) is 6.92. The molecule has 0 unspecified atom stereocenters. The lowest BCUT2D eigenvalue weighted by Crippen LogP contribution is -2.37. The minimum absolute atomic E-state index is 0.264. The Hall–Kier alpha value is -2.97. The number of piperidine rings is 1. The average molecular weight is 448 g/mol. The molecule has 5 rings (SSSR count). The molecule has 2 fully saturated rings. The van der Waals surface area contributed by atoms with Crippen LogP contribution in [0.4, 0.5) is 0 Å². The van der Waals surface area contributed by atoms with Gasteiger partial charge in [-0.05, 0) is 62.9 Å². The van der Waals surface area contributed by atoms with Gasteiger partial charge in [-0.3, -0.25) is 9.56 Å².